The van der Waals surface area contributed by atoms with Gasteiger partial charge in [-0.3, -0.25) is 0 Å². The van der Waals surface area contributed by atoms with Crippen LogP contribution >= 0.6 is 0 Å². The normalized spacial score (nSPS) is 19.4. The molecule has 1 aromatic carbocycles. The van der Waals surface area contributed by atoms with Crippen LogP contribution in [-0.4, -0.2) is 9.97 Å². The zero-order valence-electron chi connectivity index (χ0n) is 12.0. The number of fused-ring (bicyclic) bond motifs is 1. The van der Waals surface area contributed by atoms with Gasteiger partial charge in [-0.15, -0.1) is 0 Å². The molecule has 2 nitrogen and oxygen atoms in total. The van der Waals surface area contributed by atoms with E-state index in [-0.39, 0.29) is 5.41 Å². The first kappa shape index (κ1) is 12.1. The molecule has 1 saturated carbocycles. The Bertz CT molecular complexity index is 642. The predicted molar refractivity (Wildman–Crippen MR) is 80.7 cm³/mol. The summed E-state index contributed by atoms with van der Waals surface area (Å²) in [6.07, 6.45) is 7.28. The van der Waals surface area contributed by atoms with E-state index >= 15 is 0 Å². The summed E-state index contributed by atoms with van der Waals surface area (Å²) in [5.41, 5.74) is 5.36. The molecule has 0 aliphatic heterocycles. The second kappa shape index (κ2) is 4.41. The number of rotatable bonds is 2. The third-order valence-corrected chi connectivity index (χ3v) is 4.98. The van der Waals surface area contributed by atoms with Crippen molar-refractivity contribution >= 4 is 0 Å². The van der Waals surface area contributed by atoms with Gasteiger partial charge >= 0.3 is 0 Å². The molecule has 2 aliphatic carbocycles. The zero-order chi connectivity index (χ0) is 13.6. The van der Waals surface area contributed by atoms with Crippen LogP contribution in [0.3, 0.4) is 0 Å². The predicted octanol–water partition coefficient (Wildman–Crippen LogP) is 4.07. The van der Waals surface area contributed by atoms with Crippen LogP contribution in [-0.2, 0) is 18.3 Å². The Kier molecular flexibility index (Phi) is 2.66. The van der Waals surface area contributed by atoms with Gasteiger partial charge in [-0.1, -0.05) is 43.7 Å². The number of hydrogen-bond acceptors (Lipinski definition) is 2. The second-order valence-electron chi connectivity index (χ2n) is 6.45. The first-order valence-electron chi connectivity index (χ1n) is 7.72. The monoisotopic (exact) mass is 264 g/mol. The fourth-order valence-corrected chi connectivity index (χ4v) is 3.47. The van der Waals surface area contributed by atoms with E-state index in [0.717, 1.165) is 18.7 Å². The van der Waals surface area contributed by atoms with Gasteiger partial charge < -0.3 is 0 Å². The lowest BCUT2D eigenvalue weighted by Crippen LogP contribution is -2.33. The fourth-order valence-electron chi connectivity index (χ4n) is 3.47. The van der Waals surface area contributed by atoms with Crippen molar-refractivity contribution in [2.24, 2.45) is 0 Å². The summed E-state index contributed by atoms with van der Waals surface area (Å²) in [7, 11) is 0. The molecule has 1 fully saturated rings. The average molecular weight is 264 g/mol. The summed E-state index contributed by atoms with van der Waals surface area (Å²) in [5.74, 6) is 1.09. The van der Waals surface area contributed by atoms with Crippen molar-refractivity contribution < 1.29 is 0 Å². The summed E-state index contributed by atoms with van der Waals surface area (Å²) in [4.78, 5) is 9.92. The molecule has 1 aromatic heterocycles. The van der Waals surface area contributed by atoms with Gasteiger partial charge in [0.15, 0.2) is 0 Å². The first-order valence-corrected chi connectivity index (χ1v) is 7.72. The van der Waals surface area contributed by atoms with Crippen LogP contribution in [0.25, 0.3) is 11.3 Å². The smallest absolute Gasteiger partial charge is 0.135 e. The minimum atomic E-state index is 0.223. The maximum absolute atomic E-state index is 5.00. The molecule has 0 radical (unpaired) electrons. The molecule has 2 aromatic rings. The van der Waals surface area contributed by atoms with Crippen LogP contribution in [0.5, 0.6) is 0 Å². The Balaban J connectivity index is 1.89. The molecule has 0 unspecified atom stereocenters. The summed E-state index contributed by atoms with van der Waals surface area (Å²) < 4.78 is 0. The molecule has 0 N–H and O–H groups in total. The summed E-state index contributed by atoms with van der Waals surface area (Å²) in [5, 5.41) is 0. The standard InChI is InChI=1S/C18H20N2/c1-18(11-6-12-18)17-19-15-10-5-9-14(15)16(20-17)13-7-3-2-4-8-13/h2-4,7-8H,5-6,9-12H2,1H3. The molecule has 102 valence electrons. The van der Waals surface area contributed by atoms with Gasteiger partial charge in [0.2, 0.25) is 0 Å². The quantitative estimate of drug-likeness (QED) is 0.817. The Morgan fingerprint density at radius 3 is 2.45 bits per heavy atom. The highest BCUT2D eigenvalue weighted by molar-refractivity contribution is 5.64. The van der Waals surface area contributed by atoms with Crippen molar-refractivity contribution in [1.82, 2.24) is 9.97 Å². The van der Waals surface area contributed by atoms with Crippen molar-refractivity contribution in [2.45, 2.75) is 50.9 Å². The van der Waals surface area contributed by atoms with Gasteiger partial charge in [-0.25, -0.2) is 9.97 Å². The topological polar surface area (TPSA) is 25.8 Å². The van der Waals surface area contributed by atoms with Crippen molar-refractivity contribution in [1.29, 1.82) is 0 Å². The lowest BCUT2D eigenvalue weighted by atomic mass is 9.69. The number of aryl methyl sites for hydroxylation is 1. The third kappa shape index (κ3) is 1.78. The summed E-state index contributed by atoms with van der Waals surface area (Å²) >= 11 is 0. The third-order valence-electron chi connectivity index (χ3n) is 4.98. The van der Waals surface area contributed by atoms with Crippen LogP contribution < -0.4 is 0 Å². The second-order valence-corrected chi connectivity index (χ2v) is 6.45. The van der Waals surface area contributed by atoms with E-state index in [9.17, 15) is 0 Å². The highest BCUT2D eigenvalue weighted by Crippen LogP contribution is 2.43. The van der Waals surface area contributed by atoms with Crippen molar-refractivity contribution in [2.75, 3.05) is 0 Å². The van der Waals surface area contributed by atoms with Crippen molar-refractivity contribution in [3.05, 3.63) is 47.4 Å². The number of hydrogen-bond donors (Lipinski definition) is 0. The SMILES string of the molecule is CC1(c2nc3c(c(-c4ccccc4)n2)CCC3)CCC1. The van der Waals surface area contributed by atoms with Gasteiger partial charge in [0.05, 0.1) is 5.69 Å². The Morgan fingerprint density at radius 2 is 1.75 bits per heavy atom. The molecule has 0 spiro atoms. The Labute approximate surface area is 120 Å². The van der Waals surface area contributed by atoms with Gasteiger partial charge in [0.1, 0.15) is 5.82 Å². The van der Waals surface area contributed by atoms with E-state index in [4.69, 9.17) is 9.97 Å². The molecular weight excluding hydrogens is 244 g/mol. The molecule has 0 saturated heterocycles. The van der Waals surface area contributed by atoms with Crippen LogP contribution in [0.4, 0.5) is 0 Å². The maximum Gasteiger partial charge on any atom is 0.135 e. The largest absolute Gasteiger partial charge is 0.237 e. The summed E-state index contributed by atoms with van der Waals surface area (Å²) in [6, 6.07) is 10.6. The highest BCUT2D eigenvalue weighted by Gasteiger charge is 2.37. The Morgan fingerprint density at radius 1 is 0.950 bits per heavy atom. The van der Waals surface area contributed by atoms with E-state index < -0.39 is 0 Å². The number of aromatic nitrogens is 2. The minimum Gasteiger partial charge on any atom is -0.237 e. The van der Waals surface area contributed by atoms with Crippen LogP contribution in [0.1, 0.15) is 49.7 Å². The van der Waals surface area contributed by atoms with Crippen molar-refractivity contribution in [3.8, 4) is 11.3 Å². The van der Waals surface area contributed by atoms with Gasteiger partial charge in [-0.2, -0.15) is 0 Å². The van der Waals surface area contributed by atoms with Crippen LogP contribution in [0.2, 0.25) is 0 Å². The Hall–Kier alpha value is -1.70. The lowest BCUT2D eigenvalue weighted by Gasteiger charge is -2.37. The van der Waals surface area contributed by atoms with Gasteiger partial charge in [0, 0.05) is 22.2 Å². The molecule has 2 heteroatoms. The fraction of sp³-hybridized carbons (Fsp3) is 0.444. The zero-order valence-corrected chi connectivity index (χ0v) is 12.0. The first-order chi connectivity index (χ1) is 9.76. The molecule has 2 aliphatic rings. The van der Waals surface area contributed by atoms with E-state index in [2.05, 4.69) is 37.3 Å². The van der Waals surface area contributed by atoms with E-state index in [1.165, 1.54) is 48.2 Å². The number of nitrogens with zero attached hydrogens (tertiary/aromatic N) is 2. The molecule has 1 heterocycles. The maximum atomic E-state index is 5.00. The minimum absolute atomic E-state index is 0.223. The van der Waals surface area contributed by atoms with Gasteiger partial charge in [0.25, 0.3) is 0 Å². The van der Waals surface area contributed by atoms with Crippen LogP contribution in [0, 0.1) is 0 Å². The van der Waals surface area contributed by atoms with E-state index in [1.807, 2.05) is 0 Å². The van der Waals surface area contributed by atoms with Crippen LogP contribution in [0.15, 0.2) is 30.3 Å². The van der Waals surface area contributed by atoms with Gasteiger partial charge in [-0.05, 0) is 32.1 Å². The molecule has 0 atom stereocenters. The highest BCUT2D eigenvalue weighted by atomic mass is 14.9. The molecule has 20 heavy (non-hydrogen) atoms. The lowest BCUT2D eigenvalue weighted by molar-refractivity contribution is 0.256. The van der Waals surface area contributed by atoms with E-state index in [0.29, 0.717) is 0 Å². The number of benzene rings is 1. The molecule has 0 amide bonds. The molecular formula is C18H20N2. The molecule has 0 bridgehead atoms. The summed E-state index contributed by atoms with van der Waals surface area (Å²) in [6.45, 7) is 2.32. The molecule has 4 rings (SSSR count). The van der Waals surface area contributed by atoms with E-state index in [1.54, 1.807) is 0 Å². The average Bonchev–Trinajstić information content (AvgIpc) is 2.93. The van der Waals surface area contributed by atoms with Crippen molar-refractivity contribution in [3.63, 3.8) is 0 Å².